The molecule has 0 fully saturated rings. The highest BCUT2D eigenvalue weighted by molar-refractivity contribution is 6.30. The lowest BCUT2D eigenvalue weighted by Crippen LogP contribution is -2.22. The maximum Gasteiger partial charge on any atom is 0.0965 e. The van der Waals surface area contributed by atoms with E-state index in [-0.39, 0.29) is 5.54 Å². The van der Waals surface area contributed by atoms with Gasteiger partial charge in [0, 0.05) is 18.1 Å². The van der Waals surface area contributed by atoms with Gasteiger partial charge in [0.25, 0.3) is 0 Å². The van der Waals surface area contributed by atoms with Crippen molar-refractivity contribution in [1.29, 1.82) is 0 Å². The van der Waals surface area contributed by atoms with Crippen molar-refractivity contribution < 1.29 is 0 Å². The van der Waals surface area contributed by atoms with Crippen LogP contribution in [-0.2, 0) is 18.6 Å². The summed E-state index contributed by atoms with van der Waals surface area (Å²) in [5.41, 5.74) is 2.12. The predicted molar refractivity (Wildman–Crippen MR) is 77.0 cm³/mol. The second-order valence-corrected chi connectivity index (χ2v) is 5.99. The van der Waals surface area contributed by atoms with Gasteiger partial charge in [0.15, 0.2) is 0 Å². The fourth-order valence-electron chi connectivity index (χ4n) is 1.64. The number of nitrogens with zero attached hydrogens (tertiary/aromatic N) is 3. The second-order valence-electron chi connectivity index (χ2n) is 5.56. The van der Waals surface area contributed by atoms with E-state index in [0.717, 1.165) is 17.3 Å². The number of benzene rings is 1. The van der Waals surface area contributed by atoms with Crippen molar-refractivity contribution in [3.8, 4) is 0 Å². The van der Waals surface area contributed by atoms with Crippen LogP contribution in [0.3, 0.4) is 0 Å². The van der Waals surface area contributed by atoms with Gasteiger partial charge in [0.2, 0.25) is 0 Å². The Morgan fingerprint density at radius 1 is 1.16 bits per heavy atom. The zero-order valence-corrected chi connectivity index (χ0v) is 12.3. The monoisotopic (exact) mass is 278 g/mol. The Bertz CT molecular complexity index is 525. The first kappa shape index (κ1) is 14.0. The van der Waals surface area contributed by atoms with E-state index in [0.29, 0.717) is 6.54 Å². The molecule has 0 aliphatic heterocycles. The molecule has 0 aliphatic carbocycles. The average molecular weight is 279 g/mol. The van der Waals surface area contributed by atoms with Gasteiger partial charge < -0.3 is 5.32 Å². The highest BCUT2D eigenvalue weighted by atomic mass is 35.5. The summed E-state index contributed by atoms with van der Waals surface area (Å²) in [6.07, 6.45) is 1.98. The van der Waals surface area contributed by atoms with E-state index in [1.807, 2.05) is 35.1 Å². The predicted octanol–water partition coefficient (Wildman–Crippen LogP) is 2.98. The molecule has 0 saturated carbocycles. The molecule has 5 heteroatoms. The van der Waals surface area contributed by atoms with Crippen LogP contribution < -0.4 is 5.32 Å². The van der Waals surface area contributed by atoms with Crippen molar-refractivity contribution in [2.24, 2.45) is 0 Å². The Morgan fingerprint density at radius 3 is 2.42 bits per heavy atom. The molecule has 1 heterocycles. The maximum atomic E-state index is 5.85. The molecule has 0 saturated heterocycles. The molecular formula is C14H19ClN4. The normalized spacial score (nSPS) is 11.8. The number of hydrogen-bond donors (Lipinski definition) is 1. The lowest BCUT2D eigenvalue weighted by molar-refractivity contribution is 0.347. The molecule has 0 unspecified atom stereocenters. The Hall–Kier alpha value is -1.39. The van der Waals surface area contributed by atoms with Gasteiger partial charge in [-0.1, -0.05) is 28.9 Å². The number of nitrogens with one attached hydrogen (secondary N) is 1. The van der Waals surface area contributed by atoms with Crippen molar-refractivity contribution >= 4 is 11.6 Å². The molecule has 2 aromatic rings. The minimum Gasteiger partial charge on any atom is -0.307 e. The fourth-order valence-corrected chi connectivity index (χ4v) is 1.77. The Kier molecular flexibility index (Phi) is 4.22. The molecule has 0 bridgehead atoms. The highest BCUT2D eigenvalue weighted by Crippen LogP contribution is 2.12. The van der Waals surface area contributed by atoms with Gasteiger partial charge in [0.1, 0.15) is 0 Å². The van der Waals surface area contributed by atoms with Crippen LogP contribution in [0.25, 0.3) is 0 Å². The van der Waals surface area contributed by atoms with Gasteiger partial charge >= 0.3 is 0 Å². The molecule has 0 atom stereocenters. The molecule has 0 spiro atoms. The minimum atomic E-state index is -0.0264. The van der Waals surface area contributed by atoms with Crippen LogP contribution in [0.1, 0.15) is 32.0 Å². The van der Waals surface area contributed by atoms with E-state index in [2.05, 4.69) is 36.4 Å². The fraction of sp³-hybridized carbons (Fsp3) is 0.429. The van der Waals surface area contributed by atoms with Gasteiger partial charge in [-0.3, -0.25) is 0 Å². The van der Waals surface area contributed by atoms with E-state index in [1.54, 1.807) is 0 Å². The zero-order valence-electron chi connectivity index (χ0n) is 11.5. The van der Waals surface area contributed by atoms with E-state index in [1.165, 1.54) is 5.56 Å². The van der Waals surface area contributed by atoms with Crippen LogP contribution >= 0.6 is 11.6 Å². The molecule has 19 heavy (non-hydrogen) atoms. The molecule has 102 valence electrons. The van der Waals surface area contributed by atoms with E-state index in [4.69, 9.17) is 11.6 Å². The topological polar surface area (TPSA) is 42.7 Å². The average Bonchev–Trinajstić information content (AvgIpc) is 2.80. The van der Waals surface area contributed by atoms with Gasteiger partial charge in [-0.05, 0) is 38.5 Å². The summed E-state index contributed by atoms with van der Waals surface area (Å²) in [5, 5.41) is 12.4. The first-order valence-corrected chi connectivity index (χ1v) is 6.70. The lowest BCUT2D eigenvalue weighted by Gasteiger charge is -2.17. The van der Waals surface area contributed by atoms with E-state index < -0.39 is 0 Å². The van der Waals surface area contributed by atoms with Crippen molar-refractivity contribution in [3.05, 3.63) is 46.7 Å². The number of hydrogen-bond acceptors (Lipinski definition) is 3. The Balaban J connectivity index is 1.86. The highest BCUT2D eigenvalue weighted by Gasteiger charge is 2.14. The van der Waals surface area contributed by atoms with E-state index >= 15 is 0 Å². The van der Waals surface area contributed by atoms with Crippen LogP contribution in [0.4, 0.5) is 0 Å². The zero-order chi connectivity index (χ0) is 13.9. The molecular weight excluding hydrogens is 260 g/mol. The molecule has 0 radical (unpaired) electrons. The summed E-state index contributed by atoms with van der Waals surface area (Å²) in [4.78, 5) is 0. The van der Waals surface area contributed by atoms with Gasteiger partial charge in [-0.2, -0.15) is 0 Å². The summed E-state index contributed by atoms with van der Waals surface area (Å²) < 4.78 is 1.88. The minimum absolute atomic E-state index is 0.0264. The third-order valence-electron chi connectivity index (χ3n) is 2.78. The first-order chi connectivity index (χ1) is 8.95. The molecule has 0 aliphatic rings. The number of aromatic nitrogens is 3. The summed E-state index contributed by atoms with van der Waals surface area (Å²) in [5.74, 6) is 0. The first-order valence-electron chi connectivity index (χ1n) is 6.32. The van der Waals surface area contributed by atoms with Crippen LogP contribution in [0.15, 0.2) is 30.5 Å². The molecule has 4 nitrogen and oxygen atoms in total. The van der Waals surface area contributed by atoms with Crippen LogP contribution in [0.2, 0.25) is 5.02 Å². The second kappa shape index (κ2) is 5.72. The Morgan fingerprint density at radius 2 is 1.84 bits per heavy atom. The third-order valence-corrected chi connectivity index (χ3v) is 3.03. The molecule has 1 aromatic heterocycles. The van der Waals surface area contributed by atoms with E-state index in [9.17, 15) is 0 Å². The SMILES string of the molecule is CC(C)(C)n1cc(CNCc2ccc(Cl)cc2)nn1. The number of halogens is 1. The lowest BCUT2D eigenvalue weighted by atomic mass is 10.1. The summed E-state index contributed by atoms with van der Waals surface area (Å²) in [6, 6.07) is 7.82. The van der Waals surface area contributed by atoms with Crippen molar-refractivity contribution in [3.63, 3.8) is 0 Å². The smallest absolute Gasteiger partial charge is 0.0965 e. The summed E-state index contributed by atoms with van der Waals surface area (Å²) >= 11 is 5.85. The van der Waals surface area contributed by atoms with Gasteiger partial charge in [-0.15, -0.1) is 5.10 Å². The third kappa shape index (κ3) is 4.04. The summed E-state index contributed by atoms with van der Waals surface area (Å²) in [6.45, 7) is 7.81. The summed E-state index contributed by atoms with van der Waals surface area (Å²) in [7, 11) is 0. The maximum absolute atomic E-state index is 5.85. The Labute approximate surface area is 118 Å². The van der Waals surface area contributed by atoms with Crippen LogP contribution in [-0.4, -0.2) is 15.0 Å². The molecule has 1 aromatic carbocycles. The quantitative estimate of drug-likeness (QED) is 0.935. The molecule has 2 rings (SSSR count). The molecule has 1 N–H and O–H groups in total. The number of rotatable bonds is 4. The van der Waals surface area contributed by atoms with Crippen molar-refractivity contribution in [1.82, 2.24) is 20.3 Å². The standard InChI is InChI=1S/C14H19ClN4/c1-14(2,3)19-10-13(17-18-19)9-16-8-11-4-6-12(15)7-5-11/h4-7,10,16H,8-9H2,1-3H3. The van der Waals surface area contributed by atoms with Crippen LogP contribution in [0.5, 0.6) is 0 Å². The molecule has 0 amide bonds. The largest absolute Gasteiger partial charge is 0.307 e. The van der Waals surface area contributed by atoms with Gasteiger partial charge in [-0.25, -0.2) is 4.68 Å². The van der Waals surface area contributed by atoms with Crippen molar-refractivity contribution in [2.75, 3.05) is 0 Å². The van der Waals surface area contributed by atoms with Gasteiger partial charge in [0.05, 0.1) is 17.4 Å². The van der Waals surface area contributed by atoms with Crippen LogP contribution in [0, 0.1) is 0 Å². The van der Waals surface area contributed by atoms with Crippen molar-refractivity contribution in [2.45, 2.75) is 39.4 Å².